The summed E-state index contributed by atoms with van der Waals surface area (Å²) in [6.45, 7) is 4.08. The molecule has 19 heavy (non-hydrogen) atoms. The number of hydrogen-bond acceptors (Lipinski definition) is 7. The van der Waals surface area contributed by atoms with Crippen LogP contribution >= 0.6 is 23.1 Å². The van der Waals surface area contributed by atoms with Crippen molar-refractivity contribution in [1.29, 1.82) is 0 Å². The first-order valence-corrected chi connectivity index (χ1v) is 7.66. The maximum Gasteiger partial charge on any atom is 0.315 e. The number of fused-ring (bicyclic) bond motifs is 1. The van der Waals surface area contributed by atoms with E-state index in [1.54, 1.807) is 11.3 Å². The normalized spacial score (nSPS) is 10.9. The topological polar surface area (TPSA) is 78.1 Å². The summed E-state index contributed by atoms with van der Waals surface area (Å²) in [4.78, 5) is 21.9. The zero-order chi connectivity index (χ0) is 14.0. The number of anilines is 1. The van der Waals surface area contributed by atoms with Crippen LogP contribution in [0.4, 0.5) is 5.82 Å². The van der Waals surface area contributed by atoms with Gasteiger partial charge in [-0.1, -0.05) is 0 Å². The molecule has 0 amide bonds. The van der Waals surface area contributed by atoms with Gasteiger partial charge in [0.25, 0.3) is 0 Å². The van der Waals surface area contributed by atoms with Crippen molar-refractivity contribution in [3.05, 3.63) is 16.3 Å². The molecule has 0 saturated heterocycles. The molecule has 0 atom stereocenters. The number of methoxy groups -OCH3 is 1. The average Bonchev–Trinajstić information content (AvgIpc) is 2.65. The number of hydrogen-bond donors (Lipinski definition) is 1. The predicted octanol–water partition coefficient (Wildman–Crippen LogP) is 2.30. The highest BCUT2D eigenvalue weighted by Crippen LogP contribution is 2.32. The van der Waals surface area contributed by atoms with Gasteiger partial charge in [-0.15, -0.1) is 23.1 Å². The quantitative estimate of drug-likeness (QED) is 0.872. The molecule has 0 radical (unpaired) electrons. The largest absolute Gasteiger partial charge is 0.468 e. The summed E-state index contributed by atoms with van der Waals surface area (Å²) in [5.41, 5.74) is 7.13. The molecule has 7 heteroatoms. The lowest BCUT2D eigenvalue weighted by Gasteiger charge is -2.03. The van der Waals surface area contributed by atoms with Crippen LogP contribution in [0.25, 0.3) is 10.2 Å². The fraction of sp³-hybridized carbons (Fsp3) is 0.417. The lowest BCUT2D eigenvalue weighted by Crippen LogP contribution is -2.05. The first-order chi connectivity index (χ1) is 9.02. The summed E-state index contributed by atoms with van der Waals surface area (Å²) in [7, 11) is 1.38. The third kappa shape index (κ3) is 2.98. The zero-order valence-electron chi connectivity index (χ0n) is 11.0. The number of rotatable bonds is 4. The Hall–Kier alpha value is -1.34. The second kappa shape index (κ2) is 5.75. The average molecular weight is 297 g/mol. The van der Waals surface area contributed by atoms with Crippen LogP contribution in [0.15, 0.2) is 0 Å². The van der Waals surface area contributed by atoms with Crippen molar-refractivity contribution in [3.8, 4) is 0 Å². The number of carbonyl (C=O) groups excluding carboxylic acids is 1. The first-order valence-electron chi connectivity index (χ1n) is 5.69. The smallest absolute Gasteiger partial charge is 0.315 e. The molecule has 0 aliphatic rings. The number of esters is 1. The van der Waals surface area contributed by atoms with Gasteiger partial charge in [-0.2, -0.15) is 0 Å². The molecular formula is C12H15N3O2S2. The van der Waals surface area contributed by atoms with E-state index in [2.05, 4.69) is 14.7 Å². The van der Waals surface area contributed by atoms with Crippen LogP contribution < -0.4 is 5.73 Å². The molecule has 0 spiro atoms. The van der Waals surface area contributed by atoms with Crippen LogP contribution in [0.5, 0.6) is 0 Å². The monoisotopic (exact) mass is 297 g/mol. The van der Waals surface area contributed by atoms with Gasteiger partial charge in [-0.25, -0.2) is 9.97 Å². The van der Waals surface area contributed by atoms with E-state index in [1.807, 2.05) is 13.8 Å². The SMILES string of the molecule is COC(=O)CSCc1nc(N)c2c(C)c(C)sc2n1. The maximum absolute atomic E-state index is 11.0. The summed E-state index contributed by atoms with van der Waals surface area (Å²) < 4.78 is 4.58. The summed E-state index contributed by atoms with van der Waals surface area (Å²) in [6.07, 6.45) is 0. The molecule has 2 heterocycles. The van der Waals surface area contributed by atoms with Crippen LogP contribution in [0, 0.1) is 13.8 Å². The number of aromatic nitrogens is 2. The molecule has 0 aliphatic carbocycles. The van der Waals surface area contributed by atoms with Gasteiger partial charge < -0.3 is 10.5 Å². The third-order valence-electron chi connectivity index (χ3n) is 2.78. The highest BCUT2D eigenvalue weighted by molar-refractivity contribution is 7.99. The predicted molar refractivity (Wildman–Crippen MR) is 79.5 cm³/mol. The van der Waals surface area contributed by atoms with Gasteiger partial charge in [0, 0.05) is 4.88 Å². The third-order valence-corrected chi connectivity index (χ3v) is 4.79. The van der Waals surface area contributed by atoms with Crippen molar-refractivity contribution < 1.29 is 9.53 Å². The minimum atomic E-state index is -0.248. The van der Waals surface area contributed by atoms with Gasteiger partial charge >= 0.3 is 5.97 Å². The van der Waals surface area contributed by atoms with Gasteiger partial charge in [0.1, 0.15) is 16.5 Å². The number of carbonyl (C=O) groups is 1. The lowest BCUT2D eigenvalue weighted by molar-refractivity contribution is -0.137. The molecule has 0 aromatic carbocycles. The van der Waals surface area contributed by atoms with Gasteiger partial charge in [0.05, 0.1) is 24.0 Å². The van der Waals surface area contributed by atoms with E-state index in [1.165, 1.54) is 23.7 Å². The van der Waals surface area contributed by atoms with Gasteiger partial charge in [0.2, 0.25) is 0 Å². The Morgan fingerprint density at radius 2 is 2.16 bits per heavy atom. The van der Waals surface area contributed by atoms with Crippen molar-refractivity contribution in [1.82, 2.24) is 9.97 Å². The van der Waals surface area contributed by atoms with Crippen molar-refractivity contribution in [2.24, 2.45) is 0 Å². The number of thiophene rings is 1. The fourth-order valence-electron chi connectivity index (χ4n) is 1.68. The minimum absolute atomic E-state index is 0.248. The standard InChI is InChI=1S/C12H15N3O2S2/c1-6-7(2)19-12-10(6)11(13)14-8(15-12)4-18-5-9(16)17-3/h4-5H2,1-3H3,(H2,13,14,15). The maximum atomic E-state index is 11.0. The number of nitrogens with two attached hydrogens (primary N) is 1. The molecule has 0 fully saturated rings. The van der Waals surface area contributed by atoms with E-state index in [0.717, 1.165) is 15.8 Å². The number of aryl methyl sites for hydroxylation is 2. The summed E-state index contributed by atoms with van der Waals surface area (Å²) >= 11 is 3.04. The van der Waals surface area contributed by atoms with Crippen LogP contribution in [0.2, 0.25) is 0 Å². The summed E-state index contributed by atoms with van der Waals surface area (Å²) in [6, 6.07) is 0. The Kier molecular flexibility index (Phi) is 4.26. The summed E-state index contributed by atoms with van der Waals surface area (Å²) in [5, 5.41) is 0.948. The van der Waals surface area contributed by atoms with Crippen LogP contribution in [0.3, 0.4) is 0 Å². The molecule has 2 N–H and O–H groups in total. The van der Waals surface area contributed by atoms with Gasteiger partial charge in [-0.05, 0) is 19.4 Å². The highest BCUT2D eigenvalue weighted by Gasteiger charge is 2.12. The van der Waals surface area contributed by atoms with E-state index >= 15 is 0 Å². The molecule has 2 aromatic rings. The summed E-state index contributed by atoms with van der Waals surface area (Å²) in [5.74, 6) is 1.76. The minimum Gasteiger partial charge on any atom is -0.468 e. The van der Waals surface area contributed by atoms with E-state index in [0.29, 0.717) is 23.1 Å². The molecular weight excluding hydrogens is 282 g/mol. The van der Waals surface area contributed by atoms with Crippen molar-refractivity contribution >= 4 is 45.1 Å². The Labute approximate surface area is 119 Å². The Morgan fingerprint density at radius 1 is 1.42 bits per heavy atom. The van der Waals surface area contributed by atoms with E-state index in [4.69, 9.17) is 5.73 Å². The number of ether oxygens (including phenoxy) is 1. The van der Waals surface area contributed by atoms with Crippen LogP contribution in [-0.4, -0.2) is 28.8 Å². The van der Waals surface area contributed by atoms with E-state index < -0.39 is 0 Å². The van der Waals surface area contributed by atoms with E-state index in [9.17, 15) is 4.79 Å². The Balaban J connectivity index is 2.19. The molecule has 5 nitrogen and oxygen atoms in total. The number of thioether (sulfide) groups is 1. The molecule has 2 rings (SSSR count). The van der Waals surface area contributed by atoms with Gasteiger partial charge in [-0.3, -0.25) is 4.79 Å². The molecule has 0 bridgehead atoms. The first kappa shape index (κ1) is 14.1. The van der Waals surface area contributed by atoms with Crippen molar-refractivity contribution in [2.75, 3.05) is 18.6 Å². The highest BCUT2D eigenvalue weighted by atomic mass is 32.2. The molecule has 0 saturated carbocycles. The Bertz CT molecular complexity index is 625. The van der Waals surface area contributed by atoms with E-state index in [-0.39, 0.29) is 5.97 Å². The second-order valence-corrected chi connectivity index (χ2v) is 6.25. The molecule has 0 unspecified atom stereocenters. The van der Waals surface area contributed by atoms with Crippen molar-refractivity contribution in [2.45, 2.75) is 19.6 Å². The molecule has 102 valence electrons. The van der Waals surface area contributed by atoms with Gasteiger partial charge in [0.15, 0.2) is 0 Å². The van der Waals surface area contributed by atoms with Crippen molar-refractivity contribution in [3.63, 3.8) is 0 Å². The number of nitrogen functional groups attached to an aromatic ring is 1. The molecule has 2 aromatic heterocycles. The Morgan fingerprint density at radius 3 is 2.84 bits per heavy atom. The lowest BCUT2D eigenvalue weighted by atomic mass is 10.2. The van der Waals surface area contributed by atoms with Crippen LogP contribution in [-0.2, 0) is 15.3 Å². The fourth-order valence-corrected chi connectivity index (χ4v) is 3.43. The van der Waals surface area contributed by atoms with Crippen LogP contribution in [0.1, 0.15) is 16.3 Å². The zero-order valence-corrected chi connectivity index (χ0v) is 12.7. The molecule has 0 aliphatic heterocycles. The number of nitrogens with zero attached hydrogens (tertiary/aromatic N) is 2. The second-order valence-electron chi connectivity index (χ2n) is 4.06.